The van der Waals surface area contributed by atoms with Gasteiger partial charge in [0, 0.05) is 12.1 Å². The van der Waals surface area contributed by atoms with Crippen molar-refractivity contribution < 1.29 is 0 Å². The number of hydrogen-bond acceptors (Lipinski definition) is 1. The molecule has 0 aromatic heterocycles. The molecule has 1 nitrogen and oxygen atoms in total. The summed E-state index contributed by atoms with van der Waals surface area (Å²) in [6.07, 6.45) is 12.7. The molecule has 0 bridgehead atoms. The van der Waals surface area contributed by atoms with Crippen molar-refractivity contribution in [1.29, 1.82) is 0 Å². The lowest BCUT2D eigenvalue weighted by atomic mass is 10.1. The van der Waals surface area contributed by atoms with Crippen LogP contribution in [0, 0.1) is 0 Å². The standard InChI is InChI=1S/C13H27N/c1-3-4-9-12(2)14-13-10-7-5-6-8-11-13/h12-14H,3-11H2,1-2H3. The average molecular weight is 197 g/mol. The highest BCUT2D eigenvalue weighted by Gasteiger charge is 2.13. The van der Waals surface area contributed by atoms with Gasteiger partial charge >= 0.3 is 0 Å². The summed E-state index contributed by atoms with van der Waals surface area (Å²) < 4.78 is 0. The van der Waals surface area contributed by atoms with Crippen LogP contribution in [0.5, 0.6) is 0 Å². The summed E-state index contributed by atoms with van der Waals surface area (Å²) in [7, 11) is 0. The van der Waals surface area contributed by atoms with Gasteiger partial charge in [-0.05, 0) is 26.2 Å². The molecule has 0 aliphatic heterocycles. The van der Waals surface area contributed by atoms with Crippen molar-refractivity contribution in [3.63, 3.8) is 0 Å². The van der Waals surface area contributed by atoms with Crippen LogP contribution in [0.15, 0.2) is 0 Å². The van der Waals surface area contributed by atoms with Crippen molar-refractivity contribution in [3.8, 4) is 0 Å². The minimum absolute atomic E-state index is 0.734. The Morgan fingerprint density at radius 1 is 1.14 bits per heavy atom. The molecule has 1 saturated carbocycles. The van der Waals surface area contributed by atoms with Gasteiger partial charge in [0.2, 0.25) is 0 Å². The van der Waals surface area contributed by atoms with E-state index in [1.807, 2.05) is 0 Å². The Morgan fingerprint density at radius 2 is 1.79 bits per heavy atom. The Morgan fingerprint density at radius 3 is 2.36 bits per heavy atom. The largest absolute Gasteiger partial charge is 0.312 e. The summed E-state index contributed by atoms with van der Waals surface area (Å²) in [6.45, 7) is 4.62. The second-order valence-corrected chi connectivity index (χ2v) is 4.90. The van der Waals surface area contributed by atoms with Crippen molar-refractivity contribution in [2.75, 3.05) is 0 Å². The quantitative estimate of drug-likeness (QED) is 0.660. The first-order valence-corrected chi connectivity index (χ1v) is 6.59. The molecular weight excluding hydrogens is 170 g/mol. The second kappa shape index (κ2) is 7.28. The Hall–Kier alpha value is -0.0400. The first-order valence-electron chi connectivity index (χ1n) is 6.59. The molecule has 84 valence electrons. The Bertz CT molecular complexity index is 125. The SMILES string of the molecule is CCCCC(C)NC1CCCCCC1. The van der Waals surface area contributed by atoms with Crippen LogP contribution in [0.25, 0.3) is 0 Å². The van der Waals surface area contributed by atoms with E-state index in [9.17, 15) is 0 Å². The van der Waals surface area contributed by atoms with E-state index >= 15 is 0 Å². The highest BCUT2D eigenvalue weighted by molar-refractivity contribution is 4.74. The van der Waals surface area contributed by atoms with Gasteiger partial charge in [-0.3, -0.25) is 0 Å². The van der Waals surface area contributed by atoms with Crippen LogP contribution in [-0.4, -0.2) is 12.1 Å². The lowest BCUT2D eigenvalue weighted by molar-refractivity contribution is 0.388. The Balaban J connectivity index is 2.13. The fourth-order valence-electron chi connectivity index (χ4n) is 2.44. The molecule has 1 fully saturated rings. The maximum Gasteiger partial charge on any atom is 0.00695 e. The molecular formula is C13H27N. The van der Waals surface area contributed by atoms with Crippen LogP contribution < -0.4 is 5.32 Å². The number of hydrogen-bond donors (Lipinski definition) is 1. The summed E-state index contributed by atoms with van der Waals surface area (Å²) in [5.41, 5.74) is 0. The van der Waals surface area contributed by atoms with E-state index in [2.05, 4.69) is 19.2 Å². The van der Waals surface area contributed by atoms with E-state index < -0.39 is 0 Å². The van der Waals surface area contributed by atoms with Gasteiger partial charge in [-0.1, -0.05) is 45.4 Å². The zero-order valence-electron chi connectivity index (χ0n) is 10.0. The summed E-state index contributed by atoms with van der Waals surface area (Å²) >= 11 is 0. The lowest BCUT2D eigenvalue weighted by Crippen LogP contribution is -2.36. The Labute approximate surface area is 89.7 Å². The molecule has 1 heteroatoms. The van der Waals surface area contributed by atoms with Crippen LogP contribution in [0.4, 0.5) is 0 Å². The molecule has 0 spiro atoms. The molecule has 1 atom stereocenters. The normalized spacial score (nSPS) is 21.9. The van der Waals surface area contributed by atoms with Crippen LogP contribution in [0.2, 0.25) is 0 Å². The van der Waals surface area contributed by atoms with Gasteiger partial charge in [0.15, 0.2) is 0 Å². The van der Waals surface area contributed by atoms with Crippen LogP contribution >= 0.6 is 0 Å². The van der Waals surface area contributed by atoms with Gasteiger partial charge in [0.1, 0.15) is 0 Å². The monoisotopic (exact) mass is 197 g/mol. The van der Waals surface area contributed by atoms with Gasteiger partial charge < -0.3 is 5.32 Å². The molecule has 0 aromatic carbocycles. The van der Waals surface area contributed by atoms with E-state index in [-0.39, 0.29) is 0 Å². The zero-order valence-corrected chi connectivity index (χ0v) is 10.0. The van der Waals surface area contributed by atoms with Crippen molar-refractivity contribution in [1.82, 2.24) is 5.32 Å². The third kappa shape index (κ3) is 4.99. The maximum absolute atomic E-state index is 3.79. The summed E-state index contributed by atoms with van der Waals surface area (Å²) in [5.74, 6) is 0. The van der Waals surface area contributed by atoms with Crippen LogP contribution in [-0.2, 0) is 0 Å². The van der Waals surface area contributed by atoms with E-state index in [4.69, 9.17) is 0 Å². The molecule has 1 N–H and O–H groups in total. The van der Waals surface area contributed by atoms with Gasteiger partial charge in [-0.2, -0.15) is 0 Å². The van der Waals surface area contributed by atoms with Crippen molar-refractivity contribution in [2.24, 2.45) is 0 Å². The molecule has 0 heterocycles. The smallest absolute Gasteiger partial charge is 0.00695 e. The number of nitrogens with one attached hydrogen (secondary N) is 1. The molecule has 1 aliphatic rings. The van der Waals surface area contributed by atoms with Crippen molar-refractivity contribution in [3.05, 3.63) is 0 Å². The lowest BCUT2D eigenvalue weighted by Gasteiger charge is -2.21. The average Bonchev–Trinajstić information content (AvgIpc) is 2.43. The molecule has 14 heavy (non-hydrogen) atoms. The van der Waals surface area contributed by atoms with Gasteiger partial charge in [-0.15, -0.1) is 0 Å². The van der Waals surface area contributed by atoms with Crippen LogP contribution in [0.1, 0.15) is 71.6 Å². The van der Waals surface area contributed by atoms with Crippen molar-refractivity contribution >= 4 is 0 Å². The molecule has 0 aromatic rings. The molecule has 0 amide bonds. The third-order valence-corrected chi connectivity index (χ3v) is 3.37. The summed E-state index contributed by atoms with van der Waals surface area (Å²) in [4.78, 5) is 0. The topological polar surface area (TPSA) is 12.0 Å². The highest BCUT2D eigenvalue weighted by atomic mass is 14.9. The predicted molar refractivity (Wildman–Crippen MR) is 63.6 cm³/mol. The fraction of sp³-hybridized carbons (Fsp3) is 1.00. The minimum atomic E-state index is 0.734. The van der Waals surface area contributed by atoms with E-state index in [0.717, 1.165) is 12.1 Å². The molecule has 0 saturated heterocycles. The fourth-order valence-corrected chi connectivity index (χ4v) is 2.44. The highest BCUT2D eigenvalue weighted by Crippen LogP contribution is 2.18. The van der Waals surface area contributed by atoms with Crippen LogP contribution in [0.3, 0.4) is 0 Å². The second-order valence-electron chi connectivity index (χ2n) is 4.90. The molecule has 1 aliphatic carbocycles. The van der Waals surface area contributed by atoms with E-state index in [0.29, 0.717) is 0 Å². The number of rotatable bonds is 5. The first kappa shape index (κ1) is 12.0. The molecule has 1 unspecified atom stereocenters. The summed E-state index contributed by atoms with van der Waals surface area (Å²) in [6, 6.07) is 1.56. The predicted octanol–water partition coefficient (Wildman–Crippen LogP) is 3.88. The van der Waals surface area contributed by atoms with Gasteiger partial charge in [0.05, 0.1) is 0 Å². The molecule has 1 rings (SSSR count). The van der Waals surface area contributed by atoms with Gasteiger partial charge in [0.25, 0.3) is 0 Å². The van der Waals surface area contributed by atoms with Gasteiger partial charge in [-0.25, -0.2) is 0 Å². The van der Waals surface area contributed by atoms with E-state index in [1.54, 1.807) is 0 Å². The first-order chi connectivity index (χ1) is 6.83. The Kier molecular flexibility index (Phi) is 6.25. The third-order valence-electron chi connectivity index (χ3n) is 3.37. The molecule has 0 radical (unpaired) electrons. The zero-order chi connectivity index (χ0) is 10.2. The summed E-state index contributed by atoms with van der Waals surface area (Å²) in [5, 5.41) is 3.79. The minimum Gasteiger partial charge on any atom is -0.312 e. The van der Waals surface area contributed by atoms with Crippen molar-refractivity contribution in [2.45, 2.75) is 83.7 Å². The van der Waals surface area contributed by atoms with E-state index in [1.165, 1.54) is 57.8 Å². The maximum atomic E-state index is 3.79. The number of unbranched alkanes of at least 4 members (excludes halogenated alkanes) is 1.